The SMILES string of the molecule is CS(=O)(=O)C1CCCC1NCCc1ccc(Br)s1. The number of rotatable bonds is 5. The van der Waals surface area contributed by atoms with E-state index in [1.54, 1.807) is 11.3 Å². The third-order valence-corrected chi connectivity index (χ3v) is 6.76. The lowest BCUT2D eigenvalue weighted by molar-refractivity contribution is 0.511. The number of thiophene rings is 1. The molecule has 1 aromatic rings. The Morgan fingerprint density at radius 2 is 2.22 bits per heavy atom. The molecule has 0 aromatic carbocycles. The van der Waals surface area contributed by atoms with E-state index in [1.807, 2.05) is 0 Å². The highest BCUT2D eigenvalue weighted by Gasteiger charge is 2.34. The van der Waals surface area contributed by atoms with Crippen molar-refractivity contribution in [1.29, 1.82) is 0 Å². The second kappa shape index (κ2) is 6.03. The fourth-order valence-electron chi connectivity index (χ4n) is 2.54. The number of hydrogen-bond acceptors (Lipinski definition) is 4. The summed E-state index contributed by atoms with van der Waals surface area (Å²) < 4.78 is 24.4. The molecule has 6 heteroatoms. The first-order valence-corrected chi connectivity index (χ1v) is 9.69. The molecule has 3 nitrogen and oxygen atoms in total. The highest BCUT2D eigenvalue weighted by molar-refractivity contribution is 9.11. The van der Waals surface area contributed by atoms with Crippen LogP contribution in [0.25, 0.3) is 0 Å². The summed E-state index contributed by atoms with van der Waals surface area (Å²) in [4.78, 5) is 1.32. The van der Waals surface area contributed by atoms with Crippen molar-refractivity contribution in [3.8, 4) is 0 Å². The Morgan fingerprint density at radius 1 is 1.44 bits per heavy atom. The molecule has 2 atom stereocenters. The first-order valence-electron chi connectivity index (χ1n) is 6.13. The zero-order valence-electron chi connectivity index (χ0n) is 10.4. The minimum absolute atomic E-state index is 0.142. The maximum atomic E-state index is 11.6. The van der Waals surface area contributed by atoms with E-state index in [9.17, 15) is 8.42 Å². The largest absolute Gasteiger partial charge is 0.312 e. The molecule has 1 aromatic heterocycles. The van der Waals surface area contributed by atoms with E-state index in [2.05, 4.69) is 33.4 Å². The maximum Gasteiger partial charge on any atom is 0.151 e. The van der Waals surface area contributed by atoms with Gasteiger partial charge in [-0.1, -0.05) is 6.42 Å². The van der Waals surface area contributed by atoms with Crippen molar-refractivity contribution in [3.05, 3.63) is 20.8 Å². The van der Waals surface area contributed by atoms with Crippen molar-refractivity contribution in [2.75, 3.05) is 12.8 Å². The number of sulfone groups is 1. The molecule has 0 bridgehead atoms. The zero-order chi connectivity index (χ0) is 13.2. The van der Waals surface area contributed by atoms with Gasteiger partial charge in [-0.15, -0.1) is 11.3 Å². The van der Waals surface area contributed by atoms with E-state index in [-0.39, 0.29) is 11.3 Å². The average Bonchev–Trinajstić information content (AvgIpc) is 2.86. The molecule has 0 radical (unpaired) electrons. The average molecular weight is 352 g/mol. The van der Waals surface area contributed by atoms with E-state index in [1.165, 1.54) is 11.1 Å². The molecule has 1 fully saturated rings. The van der Waals surface area contributed by atoms with Gasteiger partial charge >= 0.3 is 0 Å². The molecule has 18 heavy (non-hydrogen) atoms. The van der Waals surface area contributed by atoms with Gasteiger partial charge in [-0.2, -0.15) is 0 Å². The van der Waals surface area contributed by atoms with Crippen LogP contribution in [0.4, 0.5) is 0 Å². The Morgan fingerprint density at radius 3 is 2.83 bits per heavy atom. The van der Waals surface area contributed by atoms with Crippen LogP contribution >= 0.6 is 27.3 Å². The van der Waals surface area contributed by atoms with E-state index in [4.69, 9.17) is 0 Å². The van der Waals surface area contributed by atoms with E-state index in [0.29, 0.717) is 0 Å². The Hall–Kier alpha value is 0.0900. The monoisotopic (exact) mass is 351 g/mol. The molecule has 0 aliphatic heterocycles. The van der Waals surface area contributed by atoms with Crippen LogP contribution in [0.5, 0.6) is 0 Å². The second-order valence-corrected chi connectivity index (χ2v) is 9.63. The van der Waals surface area contributed by atoms with Crippen molar-refractivity contribution in [3.63, 3.8) is 0 Å². The molecule has 1 aliphatic carbocycles. The van der Waals surface area contributed by atoms with Gasteiger partial charge in [0.2, 0.25) is 0 Å². The molecule has 0 spiro atoms. The van der Waals surface area contributed by atoms with Crippen LogP contribution in [0, 0.1) is 0 Å². The molecule has 0 saturated heterocycles. The summed E-state index contributed by atoms with van der Waals surface area (Å²) in [5.74, 6) is 0. The summed E-state index contributed by atoms with van der Waals surface area (Å²) in [5, 5.41) is 3.22. The predicted molar refractivity (Wildman–Crippen MR) is 80.0 cm³/mol. The van der Waals surface area contributed by atoms with Gasteiger partial charge in [0.05, 0.1) is 9.04 Å². The molecule has 2 rings (SSSR count). The van der Waals surface area contributed by atoms with Crippen molar-refractivity contribution >= 4 is 37.1 Å². The van der Waals surface area contributed by atoms with E-state index >= 15 is 0 Å². The van der Waals surface area contributed by atoms with Crippen LogP contribution < -0.4 is 5.32 Å². The van der Waals surface area contributed by atoms with Gasteiger partial charge in [0.25, 0.3) is 0 Å². The number of nitrogens with one attached hydrogen (secondary N) is 1. The summed E-state index contributed by atoms with van der Waals surface area (Å²) >= 11 is 5.18. The van der Waals surface area contributed by atoms with Gasteiger partial charge in [-0.25, -0.2) is 8.42 Å². The fraction of sp³-hybridized carbons (Fsp3) is 0.667. The molecule has 1 aliphatic rings. The lowest BCUT2D eigenvalue weighted by Crippen LogP contribution is -2.40. The van der Waals surface area contributed by atoms with E-state index in [0.717, 1.165) is 36.0 Å². The third kappa shape index (κ3) is 3.79. The second-order valence-electron chi connectivity index (χ2n) is 4.82. The Balaban J connectivity index is 1.83. The molecule has 1 saturated carbocycles. The minimum atomic E-state index is -2.91. The quantitative estimate of drug-likeness (QED) is 0.886. The summed E-state index contributed by atoms with van der Waals surface area (Å²) in [6, 6.07) is 4.30. The highest BCUT2D eigenvalue weighted by atomic mass is 79.9. The molecule has 0 amide bonds. The summed E-state index contributed by atoms with van der Waals surface area (Å²) in [6.45, 7) is 0.851. The number of halogens is 1. The van der Waals surface area contributed by atoms with Crippen LogP contribution in [0.15, 0.2) is 15.9 Å². The van der Waals surface area contributed by atoms with Crippen molar-refractivity contribution in [2.24, 2.45) is 0 Å². The van der Waals surface area contributed by atoms with E-state index < -0.39 is 9.84 Å². The highest BCUT2D eigenvalue weighted by Crippen LogP contribution is 2.25. The first kappa shape index (κ1) is 14.5. The van der Waals surface area contributed by atoms with Crippen LogP contribution in [-0.2, 0) is 16.3 Å². The lowest BCUT2D eigenvalue weighted by atomic mass is 10.2. The van der Waals surface area contributed by atoms with Gasteiger partial charge in [0.15, 0.2) is 9.84 Å². The van der Waals surface area contributed by atoms with Crippen molar-refractivity contribution < 1.29 is 8.42 Å². The minimum Gasteiger partial charge on any atom is -0.312 e. The molecule has 1 heterocycles. The summed E-state index contributed by atoms with van der Waals surface area (Å²) in [6.07, 6.45) is 5.12. The van der Waals surface area contributed by atoms with Gasteiger partial charge < -0.3 is 5.32 Å². The Kier molecular flexibility index (Phi) is 4.86. The van der Waals surface area contributed by atoms with Crippen molar-refractivity contribution in [2.45, 2.75) is 37.0 Å². The zero-order valence-corrected chi connectivity index (χ0v) is 13.6. The van der Waals surface area contributed by atoms with Crippen LogP contribution in [-0.4, -0.2) is 32.5 Å². The van der Waals surface area contributed by atoms with Crippen LogP contribution in [0.3, 0.4) is 0 Å². The van der Waals surface area contributed by atoms with Crippen molar-refractivity contribution in [1.82, 2.24) is 5.32 Å². The summed E-state index contributed by atoms with van der Waals surface area (Å²) in [7, 11) is -2.91. The normalized spacial score (nSPS) is 24.6. The van der Waals surface area contributed by atoms with Crippen LogP contribution in [0.1, 0.15) is 24.1 Å². The Labute approximate surface area is 121 Å². The topological polar surface area (TPSA) is 46.2 Å². The number of hydrogen-bond donors (Lipinski definition) is 1. The Bertz CT molecular complexity index is 498. The smallest absolute Gasteiger partial charge is 0.151 e. The molecule has 1 N–H and O–H groups in total. The van der Waals surface area contributed by atoms with Gasteiger partial charge in [0, 0.05) is 23.7 Å². The third-order valence-electron chi connectivity index (χ3n) is 3.41. The summed E-state index contributed by atoms with van der Waals surface area (Å²) in [5.41, 5.74) is 0. The standard InChI is InChI=1S/C12H18BrNO2S2/c1-18(15,16)11-4-2-3-10(11)14-8-7-9-5-6-12(13)17-9/h5-6,10-11,14H,2-4,7-8H2,1H3. The van der Waals surface area contributed by atoms with Gasteiger partial charge in [0.1, 0.15) is 0 Å². The van der Waals surface area contributed by atoms with Gasteiger partial charge in [-0.3, -0.25) is 0 Å². The fourth-order valence-corrected chi connectivity index (χ4v) is 5.45. The first-order chi connectivity index (χ1) is 8.47. The van der Waals surface area contributed by atoms with Crippen LogP contribution in [0.2, 0.25) is 0 Å². The molecular formula is C12H18BrNO2S2. The predicted octanol–water partition coefficient (Wildman–Crippen LogP) is 2.61. The molecule has 102 valence electrons. The van der Waals surface area contributed by atoms with Gasteiger partial charge in [-0.05, 0) is 47.3 Å². The maximum absolute atomic E-state index is 11.6. The molecular weight excluding hydrogens is 334 g/mol. The lowest BCUT2D eigenvalue weighted by Gasteiger charge is -2.19. The molecule has 2 unspecified atom stereocenters.